The SMILES string of the molecule is CN1CCN(CC(C(C)(C)C)C(C)(C)C)CC1. The van der Waals surface area contributed by atoms with Crippen LogP contribution in [-0.4, -0.2) is 49.6 Å². The first-order valence-corrected chi connectivity index (χ1v) is 7.01. The van der Waals surface area contributed by atoms with E-state index in [9.17, 15) is 0 Å². The smallest absolute Gasteiger partial charge is 0.0110 e. The van der Waals surface area contributed by atoms with E-state index >= 15 is 0 Å². The second-order valence-electron chi connectivity index (χ2n) is 7.89. The molecule has 102 valence electrons. The second-order valence-corrected chi connectivity index (χ2v) is 7.89. The molecule has 2 heteroatoms. The average molecular weight is 240 g/mol. The standard InChI is InChI=1S/C15H32N2/c1-14(2,3)13(15(4,5)6)12-17-10-8-16(7)9-11-17/h13H,8-12H2,1-7H3. The molecular weight excluding hydrogens is 208 g/mol. The molecule has 0 aromatic rings. The lowest BCUT2D eigenvalue weighted by Gasteiger charge is -2.45. The Balaban J connectivity index is 2.62. The summed E-state index contributed by atoms with van der Waals surface area (Å²) >= 11 is 0. The molecule has 1 heterocycles. The third-order valence-electron chi connectivity index (χ3n) is 4.13. The number of piperazine rings is 1. The fourth-order valence-electron chi connectivity index (χ4n) is 3.14. The summed E-state index contributed by atoms with van der Waals surface area (Å²) in [5.41, 5.74) is 0.781. The minimum Gasteiger partial charge on any atom is -0.304 e. The normalized spacial score (nSPS) is 21.2. The highest BCUT2D eigenvalue weighted by Gasteiger charge is 2.36. The van der Waals surface area contributed by atoms with Crippen LogP contribution in [0.25, 0.3) is 0 Å². The molecule has 0 spiro atoms. The van der Waals surface area contributed by atoms with E-state index < -0.39 is 0 Å². The number of hydrogen-bond acceptors (Lipinski definition) is 2. The van der Waals surface area contributed by atoms with Gasteiger partial charge in [0.25, 0.3) is 0 Å². The van der Waals surface area contributed by atoms with Crippen LogP contribution < -0.4 is 0 Å². The van der Waals surface area contributed by atoms with Gasteiger partial charge in [0.05, 0.1) is 0 Å². The summed E-state index contributed by atoms with van der Waals surface area (Å²) in [6, 6.07) is 0. The minimum absolute atomic E-state index is 0.390. The molecule has 0 aromatic carbocycles. The van der Waals surface area contributed by atoms with E-state index in [4.69, 9.17) is 0 Å². The first-order valence-electron chi connectivity index (χ1n) is 7.01. The molecule has 0 amide bonds. The topological polar surface area (TPSA) is 6.48 Å². The van der Waals surface area contributed by atoms with Gasteiger partial charge in [-0.05, 0) is 23.8 Å². The maximum Gasteiger partial charge on any atom is 0.0110 e. The molecule has 0 saturated carbocycles. The first-order chi connectivity index (χ1) is 7.60. The van der Waals surface area contributed by atoms with Crippen LogP contribution in [0.2, 0.25) is 0 Å². The molecule has 1 saturated heterocycles. The third kappa shape index (κ3) is 4.59. The summed E-state index contributed by atoms with van der Waals surface area (Å²) in [7, 11) is 2.22. The van der Waals surface area contributed by atoms with Crippen LogP contribution in [0.5, 0.6) is 0 Å². The Labute approximate surface area is 108 Å². The van der Waals surface area contributed by atoms with Gasteiger partial charge in [0.1, 0.15) is 0 Å². The van der Waals surface area contributed by atoms with Gasteiger partial charge in [-0.3, -0.25) is 0 Å². The lowest BCUT2D eigenvalue weighted by molar-refractivity contribution is 0.0393. The van der Waals surface area contributed by atoms with Crippen molar-refractivity contribution in [2.24, 2.45) is 16.7 Å². The highest BCUT2D eigenvalue weighted by molar-refractivity contribution is 4.87. The zero-order valence-electron chi connectivity index (χ0n) is 13.0. The van der Waals surface area contributed by atoms with Crippen molar-refractivity contribution in [2.75, 3.05) is 39.8 Å². The average Bonchev–Trinajstić information content (AvgIpc) is 2.13. The lowest BCUT2D eigenvalue weighted by Crippen LogP contribution is -2.49. The second kappa shape index (κ2) is 5.27. The van der Waals surface area contributed by atoms with Gasteiger partial charge in [-0.2, -0.15) is 0 Å². The minimum atomic E-state index is 0.390. The van der Waals surface area contributed by atoms with Crippen molar-refractivity contribution in [3.05, 3.63) is 0 Å². The van der Waals surface area contributed by atoms with Crippen molar-refractivity contribution in [2.45, 2.75) is 41.5 Å². The largest absolute Gasteiger partial charge is 0.304 e. The Kier molecular flexibility index (Phi) is 4.65. The number of hydrogen-bond donors (Lipinski definition) is 0. The van der Waals surface area contributed by atoms with Crippen LogP contribution in [-0.2, 0) is 0 Å². The molecule has 1 fully saturated rings. The number of likely N-dealkylation sites (N-methyl/N-ethyl adjacent to an activating group) is 1. The monoisotopic (exact) mass is 240 g/mol. The van der Waals surface area contributed by atoms with Crippen molar-refractivity contribution < 1.29 is 0 Å². The molecule has 0 atom stereocenters. The molecular formula is C15H32N2. The quantitative estimate of drug-likeness (QED) is 0.732. The van der Waals surface area contributed by atoms with E-state index in [1.165, 1.54) is 32.7 Å². The molecule has 2 nitrogen and oxygen atoms in total. The molecule has 1 aliphatic heterocycles. The van der Waals surface area contributed by atoms with Crippen molar-refractivity contribution in [3.63, 3.8) is 0 Å². The predicted octanol–water partition coefficient (Wildman–Crippen LogP) is 2.94. The van der Waals surface area contributed by atoms with E-state index in [0.717, 1.165) is 5.92 Å². The van der Waals surface area contributed by atoms with Crippen molar-refractivity contribution >= 4 is 0 Å². The summed E-state index contributed by atoms with van der Waals surface area (Å²) in [6.07, 6.45) is 0. The predicted molar refractivity (Wildman–Crippen MR) is 76.3 cm³/mol. The molecule has 1 rings (SSSR count). The Hall–Kier alpha value is -0.0800. The molecule has 17 heavy (non-hydrogen) atoms. The fraction of sp³-hybridized carbons (Fsp3) is 1.00. The molecule has 1 aliphatic rings. The van der Waals surface area contributed by atoms with Crippen LogP contribution >= 0.6 is 0 Å². The first kappa shape index (κ1) is 15.0. The zero-order chi connectivity index (χ0) is 13.3. The Morgan fingerprint density at radius 2 is 1.24 bits per heavy atom. The maximum atomic E-state index is 2.65. The summed E-state index contributed by atoms with van der Waals surface area (Å²) in [5.74, 6) is 0.749. The number of rotatable bonds is 2. The van der Waals surface area contributed by atoms with Gasteiger partial charge >= 0.3 is 0 Å². The van der Waals surface area contributed by atoms with Crippen LogP contribution in [0, 0.1) is 16.7 Å². The molecule has 0 unspecified atom stereocenters. The third-order valence-corrected chi connectivity index (χ3v) is 4.13. The molecule has 0 aliphatic carbocycles. The van der Waals surface area contributed by atoms with Crippen LogP contribution in [0.1, 0.15) is 41.5 Å². The zero-order valence-corrected chi connectivity index (χ0v) is 13.0. The summed E-state index contributed by atoms with van der Waals surface area (Å²) < 4.78 is 0. The highest BCUT2D eigenvalue weighted by Crippen LogP contribution is 2.40. The molecule has 0 aromatic heterocycles. The van der Waals surface area contributed by atoms with Crippen LogP contribution in [0.4, 0.5) is 0 Å². The van der Waals surface area contributed by atoms with Crippen molar-refractivity contribution in [1.82, 2.24) is 9.80 Å². The van der Waals surface area contributed by atoms with Gasteiger partial charge in [-0.25, -0.2) is 0 Å². The Bertz CT molecular complexity index is 212. The van der Waals surface area contributed by atoms with Gasteiger partial charge < -0.3 is 9.80 Å². The maximum absolute atomic E-state index is 2.65. The lowest BCUT2D eigenvalue weighted by atomic mass is 9.66. The summed E-state index contributed by atoms with van der Waals surface area (Å²) in [6.45, 7) is 20.5. The van der Waals surface area contributed by atoms with E-state index in [1.807, 2.05) is 0 Å². The highest BCUT2D eigenvalue weighted by atomic mass is 15.2. The molecule has 0 bridgehead atoms. The van der Waals surface area contributed by atoms with Crippen molar-refractivity contribution in [1.29, 1.82) is 0 Å². The van der Waals surface area contributed by atoms with Crippen LogP contribution in [0.15, 0.2) is 0 Å². The molecule has 0 radical (unpaired) electrons. The van der Waals surface area contributed by atoms with Gasteiger partial charge in [-0.15, -0.1) is 0 Å². The van der Waals surface area contributed by atoms with E-state index in [2.05, 4.69) is 58.4 Å². The summed E-state index contributed by atoms with van der Waals surface area (Å²) in [5, 5.41) is 0. The van der Waals surface area contributed by atoms with E-state index in [1.54, 1.807) is 0 Å². The van der Waals surface area contributed by atoms with E-state index in [0.29, 0.717) is 10.8 Å². The van der Waals surface area contributed by atoms with Crippen LogP contribution in [0.3, 0.4) is 0 Å². The van der Waals surface area contributed by atoms with Gasteiger partial charge in [0.2, 0.25) is 0 Å². The van der Waals surface area contributed by atoms with E-state index in [-0.39, 0.29) is 0 Å². The summed E-state index contributed by atoms with van der Waals surface area (Å²) in [4.78, 5) is 5.08. The van der Waals surface area contributed by atoms with Gasteiger partial charge in [-0.1, -0.05) is 41.5 Å². The van der Waals surface area contributed by atoms with Crippen molar-refractivity contribution in [3.8, 4) is 0 Å². The Morgan fingerprint density at radius 3 is 1.59 bits per heavy atom. The van der Waals surface area contributed by atoms with Gasteiger partial charge in [0.15, 0.2) is 0 Å². The molecule has 0 N–H and O–H groups in total. The Morgan fingerprint density at radius 1 is 0.824 bits per heavy atom. The van der Waals surface area contributed by atoms with Gasteiger partial charge in [0, 0.05) is 32.7 Å². The fourth-order valence-corrected chi connectivity index (χ4v) is 3.14. The number of nitrogens with zero attached hydrogens (tertiary/aromatic N) is 2.